The molecule has 2 N–H and O–H groups in total. The number of ether oxygens (including phenoxy) is 1. The Balaban J connectivity index is 2.18. The highest BCUT2D eigenvalue weighted by Gasteiger charge is 2.11. The minimum Gasteiger partial charge on any atom is -0.484 e. The first-order chi connectivity index (χ1) is 9.10. The van der Waals surface area contributed by atoms with Gasteiger partial charge in [-0.05, 0) is 43.2 Å². The topological polar surface area (TPSA) is 35.2 Å². The maximum Gasteiger partial charge on any atom is 0.136 e. The molecule has 0 spiro atoms. The first kappa shape index (κ1) is 14.1. The van der Waals surface area contributed by atoms with Crippen molar-refractivity contribution in [2.24, 2.45) is 5.73 Å². The molecule has 2 nitrogen and oxygen atoms in total. The van der Waals surface area contributed by atoms with Crippen molar-refractivity contribution in [1.29, 1.82) is 0 Å². The molecule has 0 aliphatic heterocycles. The summed E-state index contributed by atoms with van der Waals surface area (Å²) in [7, 11) is 0. The van der Waals surface area contributed by atoms with Crippen LogP contribution < -0.4 is 10.5 Å². The van der Waals surface area contributed by atoms with E-state index in [0.29, 0.717) is 6.54 Å². The van der Waals surface area contributed by atoms with Gasteiger partial charge in [0.05, 0.1) is 0 Å². The van der Waals surface area contributed by atoms with Crippen molar-refractivity contribution in [3.8, 4) is 5.75 Å². The molecule has 2 rings (SSSR count). The van der Waals surface area contributed by atoms with Crippen LogP contribution in [0.15, 0.2) is 46.9 Å². The molecule has 0 aromatic heterocycles. The molecule has 0 amide bonds. The number of nitrogens with two attached hydrogens (primary N) is 1. The van der Waals surface area contributed by atoms with Crippen LogP contribution in [0.3, 0.4) is 0 Å². The normalized spacial score (nSPS) is 12.2. The molecule has 0 heterocycles. The molecule has 0 bridgehead atoms. The zero-order chi connectivity index (χ0) is 13.8. The fraction of sp³-hybridized carbons (Fsp3) is 0.250. The predicted octanol–water partition coefficient (Wildman–Crippen LogP) is 4.14. The summed E-state index contributed by atoms with van der Waals surface area (Å²) in [5.41, 5.74) is 9.31. The Kier molecular flexibility index (Phi) is 4.61. The van der Waals surface area contributed by atoms with Gasteiger partial charge in [-0.2, -0.15) is 0 Å². The largest absolute Gasteiger partial charge is 0.484 e. The summed E-state index contributed by atoms with van der Waals surface area (Å²) < 4.78 is 7.06. The number of hydrogen-bond donors (Lipinski definition) is 1. The molecule has 0 aliphatic carbocycles. The maximum atomic E-state index is 5.98. The van der Waals surface area contributed by atoms with Gasteiger partial charge in [-0.3, -0.25) is 0 Å². The minimum absolute atomic E-state index is 0.110. The Labute approximate surface area is 122 Å². The Morgan fingerprint density at radius 3 is 2.37 bits per heavy atom. The Morgan fingerprint density at radius 1 is 1.11 bits per heavy atom. The summed E-state index contributed by atoms with van der Waals surface area (Å²) in [6, 6.07) is 14.3. The number of aryl methyl sites for hydroxylation is 2. The summed E-state index contributed by atoms with van der Waals surface area (Å²) in [5.74, 6) is 0.844. The van der Waals surface area contributed by atoms with Crippen LogP contribution in [0.4, 0.5) is 0 Å². The summed E-state index contributed by atoms with van der Waals surface area (Å²) in [4.78, 5) is 0. The Hall–Kier alpha value is -1.32. The van der Waals surface area contributed by atoms with Gasteiger partial charge >= 0.3 is 0 Å². The Bertz CT molecular complexity index is 551. The third-order valence-electron chi connectivity index (χ3n) is 3.07. The van der Waals surface area contributed by atoms with E-state index < -0.39 is 0 Å². The van der Waals surface area contributed by atoms with Crippen molar-refractivity contribution < 1.29 is 4.74 Å². The first-order valence-electron chi connectivity index (χ1n) is 6.29. The fourth-order valence-electron chi connectivity index (χ4n) is 1.89. The van der Waals surface area contributed by atoms with Crippen molar-refractivity contribution in [3.05, 3.63) is 63.6 Å². The van der Waals surface area contributed by atoms with Crippen LogP contribution in [0.5, 0.6) is 5.75 Å². The van der Waals surface area contributed by atoms with Crippen molar-refractivity contribution in [3.63, 3.8) is 0 Å². The molecule has 1 atom stereocenters. The van der Waals surface area contributed by atoms with Crippen LogP contribution in [0.25, 0.3) is 0 Å². The van der Waals surface area contributed by atoms with E-state index in [4.69, 9.17) is 10.5 Å². The number of benzene rings is 2. The van der Waals surface area contributed by atoms with Crippen molar-refractivity contribution in [1.82, 2.24) is 0 Å². The summed E-state index contributed by atoms with van der Waals surface area (Å²) in [5, 5.41) is 0. The van der Waals surface area contributed by atoms with Crippen LogP contribution in [0, 0.1) is 13.8 Å². The molecule has 0 radical (unpaired) electrons. The average Bonchev–Trinajstić information content (AvgIpc) is 2.41. The fourth-order valence-corrected chi connectivity index (χ4v) is 2.13. The van der Waals surface area contributed by atoms with Gasteiger partial charge in [0.15, 0.2) is 0 Å². The summed E-state index contributed by atoms with van der Waals surface area (Å²) >= 11 is 3.49. The van der Waals surface area contributed by atoms with Gasteiger partial charge in [0, 0.05) is 11.0 Å². The molecule has 0 saturated heterocycles. The SMILES string of the molecule is Cc1ccc(C(CN)Oc2ccc(Br)c(C)c2)cc1. The smallest absolute Gasteiger partial charge is 0.136 e. The lowest BCUT2D eigenvalue weighted by molar-refractivity contribution is 0.214. The molecule has 3 heteroatoms. The molecule has 1 unspecified atom stereocenters. The molecular formula is C16H18BrNO. The lowest BCUT2D eigenvalue weighted by Gasteiger charge is -2.18. The van der Waals surface area contributed by atoms with E-state index in [1.54, 1.807) is 0 Å². The van der Waals surface area contributed by atoms with Crippen molar-refractivity contribution in [2.45, 2.75) is 20.0 Å². The van der Waals surface area contributed by atoms with Crippen LogP contribution in [-0.2, 0) is 0 Å². The molecule has 19 heavy (non-hydrogen) atoms. The summed E-state index contributed by atoms with van der Waals surface area (Å²) in [6.45, 7) is 4.57. The zero-order valence-electron chi connectivity index (χ0n) is 11.2. The van der Waals surface area contributed by atoms with E-state index >= 15 is 0 Å². The van der Waals surface area contributed by atoms with E-state index in [1.165, 1.54) is 5.56 Å². The van der Waals surface area contributed by atoms with Crippen LogP contribution in [-0.4, -0.2) is 6.54 Å². The molecule has 0 saturated carbocycles. The first-order valence-corrected chi connectivity index (χ1v) is 7.09. The lowest BCUT2D eigenvalue weighted by Crippen LogP contribution is -2.18. The van der Waals surface area contributed by atoms with Crippen LogP contribution in [0.2, 0.25) is 0 Å². The highest BCUT2D eigenvalue weighted by atomic mass is 79.9. The van der Waals surface area contributed by atoms with E-state index in [9.17, 15) is 0 Å². The van der Waals surface area contributed by atoms with Gasteiger partial charge in [0.1, 0.15) is 11.9 Å². The zero-order valence-corrected chi connectivity index (χ0v) is 12.8. The Morgan fingerprint density at radius 2 is 1.79 bits per heavy atom. The highest BCUT2D eigenvalue weighted by Crippen LogP contribution is 2.26. The van der Waals surface area contributed by atoms with E-state index in [1.807, 2.05) is 25.1 Å². The predicted molar refractivity (Wildman–Crippen MR) is 82.5 cm³/mol. The third-order valence-corrected chi connectivity index (χ3v) is 3.96. The second-order valence-corrected chi connectivity index (χ2v) is 5.52. The minimum atomic E-state index is -0.110. The van der Waals surface area contributed by atoms with Crippen molar-refractivity contribution in [2.75, 3.05) is 6.54 Å². The number of rotatable bonds is 4. The van der Waals surface area contributed by atoms with Gasteiger partial charge < -0.3 is 10.5 Å². The van der Waals surface area contributed by atoms with E-state index in [-0.39, 0.29) is 6.10 Å². The lowest BCUT2D eigenvalue weighted by atomic mass is 10.1. The molecule has 2 aromatic rings. The number of halogens is 1. The quantitative estimate of drug-likeness (QED) is 0.919. The second-order valence-electron chi connectivity index (χ2n) is 4.66. The molecule has 0 fully saturated rings. The molecular weight excluding hydrogens is 302 g/mol. The number of hydrogen-bond acceptors (Lipinski definition) is 2. The second kappa shape index (κ2) is 6.22. The summed E-state index contributed by atoms with van der Waals surface area (Å²) in [6.07, 6.45) is -0.110. The van der Waals surface area contributed by atoms with Crippen molar-refractivity contribution >= 4 is 15.9 Å². The third kappa shape index (κ3) is 3.58. The highest BCUT2D eigenvalue weighted by molar-refractivity contribution is 9.10. The van der Waals surface area contributed by atoms with Gasteiger partial charge in [0.2, 0.25) is 0 Å². The standard InChI is InChI=1S/C16H18BrNO/c1-11-3-5-13(6-4-11)16(10-18)19-14-7-8-15(17)12(2)9-14/h3-9,16H,10,18H2,1-2H3. The van der Waals surface area contributed by atoms with Gasteiger partial charge in [-0.1, -0.05) is 45.8 Å². The molecule has 100 valence electrons. The molecule has 2 aromatic carbocycles. The maximum absolute atomic E-state index is 5.98. The van der Waals surface area contributed by atoms with Gasteiger partial charge in [-0.25, -0.2) is 0 Å². The molecule has 0 aliphatic rings. The van der Waals surface area contributed by atoms with Crippen LogP contribution in [0.1, 0.15) is 22.8 Å². The van der Waals surface area contributed by atoms with Crippen LogP contribution >= 0.6 is 15.9 Å². The van der Waals surface area contributed by atoms with Gasteiger partial charge in [-0.15, -0.1) is 0 Å². The van der Waals surface area contributed by atoms with Gasteiger partial charge in [0.25, 0.3) is 0 Å². The monoisotopic (exact) mass is 319 g/mol. The van der Waals surface area contributed by atoms with E-state index in [2.05, 4.69) is 47.1 Å². The average molecular weight is 320 g/mol. The van der Waals surface area contributed by atoms with E-state index in [0.717, 1.165) is 21.3 Å².